The van der Waals surface area contributed by atoms with Crippen molar-refractivity contribution in [1.29, 1.82) is 0 Å². The zero-order chi connectivity index (χ0) is 11.6. The van der Waals surface area contributed by atoms with Crippen LogP contribution in [0.15, 0.2) is 0 Å². The van der Waals surface area contributed by atoms with E-state index in [2.05, 4.69) is 0 Å². The molecule has 0 spiro atoms. The van der Waals surface area contributed by atoms with Gasteiger partial charge < -0.3 is 20.5 Å². The van der Waals surface area contributed by atoms with Crippen molar-refractivity contribution in [3.63, 3.8) is 0 Å². The first kappa shape index (κ1) is 12.3. The summed E-state index contributed by atoms with van der Waals surface area (Å²) in [5, 5.41) is 9.10. The molecule has 88 valence electrons. The summed E-state index contributed by atoms with van der Waals surface area (Å²) < 4.78 is 5.22. The van der Waals surface area contributed by atoms with Gasteiger partial charge >= 0.3 is 6.09 Å². The first-order valence-corrected chi connectivity index (χ1v) is 5.19. The number of nitrogens with two attached hydrogens (primary N) is 1. The minimum atomic E-state index is -0.510. The average Bonchev–Trinajstić information content (AvgIpc) is 2.43. The Morgan fingerprint density at radius 1 is 1.60 bits per heavy atom. The van der Waals surface area contributed by atoms with E-state index in [1.54, 1.807) is 0 Å². The molecule has 1 amide bonds. The molecule has 0 aromatic rings. The van der Waals surface area contributed by atoms with Crippen LogP contribution in [0.3, 0.4) is 0 Å². The summed E-state index contributed by atoms with van der Waals surface area (Å²) in [5.74, 6) is 0. The van der Waals surface area contributed by atoms with E-state index < -0.39 is 11.7 Å². The van der Waals surface area contributed by atoms with E-state index in [0.29, 0.717) is 13.0 Å². The highest BCUT2D eigenvalue weighted by Crippen LogP contribution is 2.19. The van der Waals surface area contributed by atoms with Crippen molar-refractivity contribution < 1.29 is 14.6 Å². The second-order valence-corrected chi connectivity index (χ2v) is 4.96. The summed E-state index contributed by atoms with van der Waals surface area (Å²) in [6, 6.07) is -0.260. The molecule has 0 aliphatic carbocycles. The second kappa shape index (κ2) is 4.37. The van der Waals surface area contributed by atoms with Crippen molar-refractivity contribution in [3.8, 4) is 0 Å². The lowest BCUT2D eigenvalue weighted by Gasteiger charge is -2.27. The fraction of sp³-hybridized carbons (Fsp3) is 0.900. The lowest BCUT2D eigenvalue weighted by atomic mass is 10.2. The number of carbonyl (C=O) groups excluding carboxylic acids is 1. The molecule has 0 radical (unpaired) electrons. The van der Waals surface area contributed by atoms with Crippen LogP contribution in [0.4, 0.5) is 4.79 Å². The van der Waals surface area contributed by atoms with Crippen molar-refractivity contribution in [2.24, 2.45) is 5.73 Å². The molecule has 5 heteroatoms. The van der Waals surface area contributed by atoms with Gasteiger partial charge in [0.15, 0.2) is 0 Å². The van der Waals surface area contributed by atoms with Crippen LogP contribution < -0.4 is 5.73 Å². The standard InChI is InChI=1S/C10H20N2O3/c1-10(2,3)15-9(14)12-5-7(11)4-8(12)6-13/h7-8,13H,4-6,11H2,1-3H3/t7-,8?/m1/s1. The van der Waals surface area contributed by atoms with Gasteiger partial charge in [-0.3, -0.25) is 0 Å². The van der Waals surface area contributed by atoms with Crippen molar-refractivity contribution in [2.75, 3.05) is 13.2 Å². The van der Waals surface area contributed by atoms with Gasteiger partial charge in [-0.05, 0) is 27.2 Å². The monoisotopic (exact) mass is 216 g/mol. The summed E-state index contributed by atoms with van der Waals surface area (Å²) >= 11 is 0. The lowest BCUT2D eigenvalue weighted by molar-refractivity contribution is 0.0175. The number of nitrogens with zero attached hydrogens (tertiary/aromatic N) is 1. The van der Waals surface area contributed by atoms with Gasteiger partial charge in [-0.1, -0.05) is 0 Å². The predicted molar refractivity (Wildman–Crippen MR) is 56.4 cm³/mol. The molecule has 1 saturated heterocycles. The molecule has 1 heterocycles. The predicted octanol–water partition coefficient (Wildman–Crippen LogP) is 0.315. The molecule has 0 aromatic carbocycles. The number of carbonyl (C=O) groups is 1. The van der Waals surface area contributed by atoms with Gasteiger partial charge in [0.2, 0.25) is 0 Å². The topological polar surface area (TPSA) is 75.8 Å². The maximum absolute atomic E-state index is 11.7. The summed E-state index contributed by atoms with van der Waals surface area (Å²) in [6.07, 6.45) is 0.241. The number of hydrogen-bond donors (Lipinski definition) is 2. The first-order valence-electron chi connectivity index (χ1n) is 5.19. The average molecular weight is 216 g/mol. The molecule has 0 bridgehead atoms. The molecule has 0 aromatic heterocycles. The Morgan fingerprint density at radius 3 is 2.67 bits per heavy atom. The van der Waals surface area contributed by atoms with Crippen LogP contribution in [0, 0.1) is 0 Å². The highest BCUT2D eigenvalue weighted by atomic mass is 16.6. The van der Waals surface area contributed by atoms with Crippen LogP contribution in [-0.2, 0) is 4.74 Å². The van der Waals surface area contributed by atoms with Crippen molar-refractivity contribution >= 4 is 6.09 Å². The van der Waals surface area contributed by atoms with Crippen LogP contribution in [-0.4, -0.2) is 46.9 Å². The molecule has 0 saturated carbocycles. The number of aliphatic hydroxyl groups is 1. The normalized spacial score (nSPS) is 26.9. The largest absolute Gasteiger partial charge is 0.444 e. The Labute approximate surface area is 90.2 Å². The molecule has 1 aliphatic rings. The van der Waals surface area contributed by atoms with E-state index >= 15 is 0 Å². The van der Waals surface area contributed by atoms with Crippen molar-refractivity contribution in [3.05, 3.63) is 0 Å². The number of rotatable bonds is 1. The van der Waals surface area contributed by atoms with E-state index in [-0.39, 0.29) is 18.7 Å². The van der Waals surface area contributed by atoms with Crippen LogP contribution in [0.1, 0.15) is 27.2 Å². The first-order chi connectivity index (χ1) is 6.83. The zero-order valence-corrected chi connectivity index (χ0v) is 9.56. The Balaban J connectivity index is 2.59. The number of ether oxygens (including phenoxy) is 1. The third-order valence-electron chi connectivity index (χ3n) is 2.29. The number of amides is 1. The van der Waals surface area contributed by atoms with E-state index in [1.165, 1.54) is 4.90 Å². The van der Waals surface area contributed by atoms with Gasteiger partial charge in [0.05, 0.1) is 12.6 Å². The fourth-order valence-electron chi connectivity index (χ4n) is 1.67. The molecular formula is C10H20N2O3. The van der Waals surface area contributed by atoms with E-state index in [1.807, 2.05) is 20.8 Å². The maximum atomic E-state index is 11.7. The minimum absolute atomic E-state index is 0.0605. The van der Waals surface area contributed by atoms with Crippen LogP contribution in [0.5, 0.6) is 0 Å². The summed E-state index contributed by atoms with van der Waals surface area (Å²) in [5.41, 5.74) is 5.22. The number of aliphatic hydroxyl groups excluding tert-OH is 1. The van der Waals surface area contributed by atoms with Crippen LogP contribution in [0.2, 0.25) is 0 Å². The Morgan fingerprint density at radius 2 is 2.20 bits per heavy atom. The molecule has 3 N–H and O–H groups in total. The molecule has 1 fully saturated rings. The smallest absolute Gasteiger partial charge is 0.410 e. The van der Waals surface area contributed by atoms with Gasteiger partial charge in [0.1, 0.15) is 5.60 Å². The molecular weight excluding hydrogens is 196 g/mol. The molecule has 1 unspecified atom stereocenters. The maximum Gasteiger partial charge on any atom is 0.410 e. The highest BCUT2D eigenvalue weighted by molar-refractivity contribution is 5.69. The van der Waals surface area contributed by atoms with Gasteiger partial charge in [-0.25, -0.2) is 4.79 Å². The van der Waals surface area contributed by atoms with E-state index in [0.717, 1.165) is 0 Å². The SMILES string of the molecule is CC(C)(C)OC(=O)N1C[C@H](N)CC1CO. The molecule has 15 heavy (non-hydrogen) atoms. The van der Waals surface area contributed by atoms with Gasteiger partial charge in [0.25, 0.3) is 0 Å². The lowest BCUT2D eigenvalue weighted by Crippen LogP contribution is -2.41. The van der Waals surface area contributed by atoms with E-state index in [4.69, 9.17) is 15.6 Å². The van der Waals surface area contributed by atoms with Gasteiger partial charge in [-0.2, -0.15) is 0 Å². The van der Waals surface area contributed by atoms with Crippen molar-refractivity contribution in [2.45, 2.75) is 44.9 Å². The van der Waals surface area contributed by atoms with Crippen LogP contribution >= 0.6 is 0 Å². The molecule has 5 nitrogen and oxygen atoms in total. The second-order valence-electron chi connectivity index (χ2n) is 4.96. The summed E-state index contributed by atoms with van der Waals surface area (Å²) in [7, 11) is 0. The Kier molecular flexibility index (Phi) is 3.57. The Bertz CT molecular complexity index is 237. The summed E-state index contributed by atoms with van der Waals surface area (Å²) in [6.45, 7) is 5.84. The quantitative estimate of drug-likeness (QED) is 0.661. The third kappa shape index (κ3) is 3.35. The van der Waals surface area contributed by atoms with Crippen LogP contribution in [0.25, 0.3) is 0 Å². The Hall–Kier alpha value is -0.810. The van der Waals surface area contributed by atoms with Gasteiger partial charge in [0, 0.05) is 12.6 Å². The fourth-order valence-corrected chi connectivity index (χ4v) is 1.67. The zero-order valence-electron chi connectivity index (χ0n) is 9.56. The summed E-state index contributed by atoms with van der Waals surface area (Å²) in [4.78, 5) is 13.2. The van der Waals surface area contributed by atoms with Gasteiger partial charge in [-0.15, -0.1) is 0 Å². The molecule has 2 atom stereocenters. The molecule has 1 aliphatic heterocycles. The minimum Gasteiger partial charge on any atom is -0.444 e. The highest BCUT2D eigenvalue weighted by Gasteiger charge is 2.35. The van der Waals surface area contributed by atoms with E-state index in [9.17, 15) is 4.79 Å². The number of hydrogen-bond acceptors (Lipinski definition) is 4. The van der Waals surface area contributed by atoms with Crippen molar-refractivity contribution in [1.82, 2.24) is 4.90 Å². The number of likely N-dealkylation sites (tertiary alicyclic amines) is 1. The molecule has 1 rings (SSSR count). The third-order valence-corrected chi connectivity index (χ3v) is 2.29.